The molecular formula is C27H50ClN. The molecule has 1 rings (SSSR count). The summed E-state index contributed by atoms with van der Waals surface area (Å²) in [6.45, 7) is 1.11. The molecule has 0 aliphatic rings. The fourth-order valence-electron chi connectivity index (χ4n) is 1.45. The van der Waals surface area contributed by atoms with E-state index in [1.807, 2.05) is 0 Å². The summed E-state index contributed by atoms with van der Waals surface area (Å²) in [5.74, 6) is 38.2. The maximum atomic E-state index is 4.88. The number of terminal acetylenes is 2. The number of rotatable bonds is 2. The molecular weight excluding hydrogens is 374 g/mol. The summed E-state index contributed by atoms with van der Waals surface area (Å²) in [5, 5.41) is 0. The van der Waals surface area contributed by atoms with Gasteiger partial charge < -0.3 is 17.3 Å². The van der Waals surface area contributed by atoms with Crippen molar-refractivity contribution in [1.29, 1.82) is 0 Å². The molecule has 1 N–H and O–H groups in total. The van der Waals surface area contributed by atoms with Crippen molar-refractivity contribution >= 4 is 0 Å². The van der Waals surface area contributed by atoms with Gasteiger partial charge in [-0.3, -0.25) is 0 Å². The second-order valence-corrected chi connectivity index (χ2v) is 4.91. The Morgan fingerprint density at radius 2 is 0.931 bits per heavy atom. The Bertz CT molecular complexity index is 1130. The fourth-order valence-corrected chi connectivity index (χ4v) is 1.45. The first-order valence-electron chi connectivity index (χ1n) is 7.95. The highest BCUT2D eigenvalue weighted by molar-refractivity contribution is 5.46. The van der Waals surface area contributed by atoms with Crippen molar-refractivity contribution < 1.29 is 41.6 Å². The third kappa shape index (κ3) is 21.5. The van der Waals surface area contributed by atoms with E-state index < -0.39 is 0 Å². The molecule has 1 aromatic rings. The highest BCUT2D eigenvalue weighted by Crippen LogP contribution is 1.94. The van der Waals surface area contributed by atoms with E-state index in [2.05, 4.69) is 139 Å². The first-order chi connectivity index (χ1) is 13.7. The molecule has 0 aliphatic heterocycles. The summed E-state index contributed by atoms with van der Waals surface area (Å²) in [4.78, 5) is 1.46. The van der Waals surface area contributed by atoms with Gasteiger partial charge in [-0.15, -0.1) is 12.8 Å². The maximum Gasteiger partial charge on any atom is 0.102 e. The fraction of sp³-hybridized carbons (Fsp3) is 0.111. The van der Waals surface area contributed by atoms with Gasteiger partial charge in [0, 0.05) is 29.8 Å². The highest BCUT2D eigenvalue weighted by Gasteiger charge is 1.93. The molecule has 2 heteroatoms. The van der Waals surface area contributed by atoms with Crippen LogP contribution in [0.3, 0.4) is 0 Å². The molecule has 1 nitrogen and oxygen atoms in total. The van der Waals surface area contributed by atoms with Crippen LogP contribution in [0, 0.1) is 108 Å². The van der Waals surface area contributed by atoms with Crippen molar-refractivity contribution in [3.8, 4) is 108 Å². The van der Waals surface area contributed by atoms with Crippen LogP contribution in [0.4, 0.5) is 0 Å². The molecule has 0 heterocycles. The molecule has 0 aromatic heterocycles. The lowest BCUT2D eigenvalue weighted by atomic mass is 10.2. The Balaban J connectivity index is -0.0000000141. The molecule has 0 amide bonds. The standard InChI is InChI=1S/C18H2.C9H13N.ClH.17H2/c1-3-5-7-9-11-13-15-17-18-16-14-12-10-8-6-4-2;1-10(2)8-9-6-4-3-5-7-9;;;;;;;;;;;;;;;;;;/h1-2H;3-7H,8H2,1-2H3;18*1H. The van der Waals surface area contributed by atoms with Crippen LogP contribution in [0.25, 0.3) is 0 Å². The first kappa shape index (κ1) is 26.7. The van der Waals surface area contributed by atoms with Gasteiger partial charge in [-0.2, -0.15) is 0 Å². The normalized spacial score (nSPS) is 5.83. The van der Waals surface area contributed by atoms with Crippen LogP contribution in [0.2, 0.25) is 0 Å². The van der Waals surface area contributed by atoms with Crippen LogP contribution in [0.15, 0.2) is 30.3 Å². The second-order valence-electron chi connectivity index (χ2n) is 4.91. The molecule has 0 bridgehead atoms. The zero-order valence-corrected chi connectivity index (χ0v) is 16.9. The Morgan fingerprint density at radius 3 is 1.21 bits per heavy atom. The highest BCUT2D eigenvalue weighted by atomic mass is 35.5. The number of quaternary nitrogens is 1. The lowest BCUT2D eigenvalue weighted by Gasteiger charge is -2.05. The lowest BCUT2D eigenvalue weighted by molar-refractivity contribution is -0.872. The van der Waals surface area contributed by atoms with Gasteiger partial charge in [0.25, 0.3) is 0 Å². The zero-order chi connectivity index (χ0) is 20.7. The second kappa shape index (κ2) is 21.6. The van der Waals surface area contributed by atoms with Crippen LogP contribution in [0.1, 0.15) is 29.8 Å². The van der Waals surface area contributed by atoms with Crippen molar-refractivity contribution in [2.24, 2.45) is 0 Å². The molecule has 0 radical (unpaired) electrons. The van der Waals surface area contributed by atoms with Crippen LogP contribution >= 0.6 is 0 Å². The molecule has 0 saturated heterocycles. The van der Waals surface area contributed by atoms with E-state index in [1.54, 1.807) is 0 Å². The monoisotopic (exact) mass is 423 g/mol. The number of nitrogens with one attached hydrogen (secondary N) is 1. The predicted molar refractivity (Wildman–Crippen MR) is 151 cm³/mol. The molecule has 0 atom stereocenters. The molecule has 0 unspecified atom stereocenters. The third-order valence-corrected chi connectivity index (χ3v) is 2.36. The van der Waals surface area contributed by atoms with Crippen molar-refractivity contribution in [2.45, 2.75) is 6.54 Å². The lowest BCUT2D eigenvalue weighted by Crippen LogP contribution is -3.04. The Kier molecular flexibility index (Phi) is 19.9. The summed E-state index contributed by atoms with van der Waals surface area (Å²) in [6.07, 6.45) is 9.76. The minimum Gasteiger partial charge on any atom is -1.00 e. The minimum absolute atomic E-state index is 0. The van der Waals surface area contributed by atoms with Crippen molar-refractivity contribution in [3.05, 3.63) is 35.9 Å². The van der Waals surface area contributed by atoms with E-state index in [0.29, 0.717) is 0 Å². The number of halogens is 1. The smallest absolute Gasteiger partial charge is 0.102 e. The van der Waals surface area contributed by atoms with Gasteiger partial charge in [0.2, 0.25) is 0 Å². The molecule has 1 aromatic carbocycles. The quantitative estimate of drug-likeness (QED) is 0.691. The number of benzene rings is 1. The minimum atomic E-state index is 0. The van der Waals surface area contributed by atoms with Crippen LogP contribution in [-0.2, 0) is 6.54 Å². The predicted octanol–water partition coefficient (Wildman–Crippen LogP) is 1.79. The van der Waals surface area contributed by atoms with Gasteiger partial charge >= 0.3 is 0 Å². The van der Waals surface area contributed by atoms with Crippen molar-refractivity contribution in [2.75, 3.05) is 14.1 Å². The summed E-state index contributed by atoms with van der Waals surface area (Å²) in [7, 11) is 4.32. The van der Waals surface area contributed by atoms with E-state index in [0.717, 1.165) is 6.54 Å². The Morgan fingerprint density at radius 1 is 0.621 bits per heavy atom. The summed E-state index contributed by atoms with van der Waals surface area (Å²) in [6, 6.07) is 10.5. The average molecular weight is 424 g/mol. The third-order valence-electron chi connectivity index (χ3n) is 2.36. The van der Waals surface area contributed by atoms with E-state index in [1.165, 1.54) is 10.5 Å². The summed E-state index contributed by atoms with van der Waals surface area (Å²) in [5.41, 5.74) is 1.41. The SMILES string of the molecule is C#CC#CC#CC#CC#CC#CC#CC#CC#C.C[NH+](C)Cc1ccccc1.[Cl-].[HH].[HH].[HH].[HH].[HH].[HH].[HH].[HH].[HH].[HH].[HH].[HH].[HH].[HH].[HH].[HH].[HH]. The van der Waals surface area contributed by atoms with Gasteiger partial charge in [-0.05, 0) is 94.7 Å². The average Bonchev–Trinajstić information content (AvgIpc) is 2.69. The first-order valence-corrected chi connectivity index (χ1v) is 7.95. The number of hydrogen-bond donors (Lipinski definition) is 1. The largest absolute Gasteiger partial charge is 1.00 e. The molecule has 170 valence electrons. The Hall–Kier alpha value is -4.49. The van der Waals surface area contributed by atoms with Crippen LogP contribution in [-0.4, -0.2) is 14.1 Å². The van der Waals surface area contributed by atoms with E-state index >= 15 is 0 Å². The Labute approximate surface area is 206 Å². The molecule has 0 saturated carbocycles. The maximum absolute atomic E-state index is 4.88. The molecule has 0 fully saturated rings. The summed E-state index contributed by atoms with van der Waals surface area (Å²) < 4.78 is 0. The number of hydrogen-bond acceptors (Lipinski definition) is 0. The van der Waals surface area contributed by atoms with Gasteiger partial charge in [0.1, 0.15) is 6.54 Å². The van der Waals surface area contributed by atoms with Gasteiger partial charge in [0.05, 0.1) is 14.1 Å². The van der Waals surface area contributed by atoms with Crippen molar-refractivity contribution in [1.82, 2.24) is 0 Å². The molecule has 29 heavy (non-hydrogen) atoms. The zero-order valence-electron chi connectivity index (χ0n) is 16.1. The van der Waals surface area contributed by atoms with Gasteiger partial charge in [-0.1, -0.05) is 30.3 Å². The van der Waals surface area contributed by atoms with Crippen molar-refractivity contribution in [3.63, 3.8) is 0 Å². The van der Waals surface area contributed by atoms with E-state index in [4.69, 9.17) is 12.8 Å². The van der Waals surface area contributed by atoms with Crippen LogP contribution in [0.5, 0.6) is 0 Å². The van der Waals surface area contributed by atoms with E-state index in [9.17, 15) is 0 Å². The summed E-state index contributed by atoms with van der Waals surface area (Å²) >= 11 is 0. The van der Waals surface area contributed by atoms with Gasteiger partial charge in [0.15, 0.2) is 0 Å². The topological polar surface area (TPSA) is 4.44 Å². The van der Waals surface area contributed by atoms with E-state index in [-0.39, 0.29) is 36.7 Å². The molecule has 0 aliphatic carbocycles. The molecule has 0 spiro atoms. The van der Waals surface area contributed by atoms with Crippen LogP contribution < -0.4 is 17.3 Å². The van der Waals surface area contributed by atoms with Gasteiger partial charge in [-0.25, -0.2) is 0 Å².